The molecular formula is C21H30N4O2. The quantitative estimate of drug-likeness (QED) is 0.817. The van der Waals surface area contributed by atoms with Crippen LogP contribution in [0.3, 0.4) is 0 Å². The summed E-state index contributed by atoms with van der Waals surface area (Å²) < 4.78 is 5.55. The molecule has 1 aromatic carbocycles. The van der Waals surface area contributed by atoms with E-state index in [1.165, 1.54) is 5.56 Å². The molecule has 1 aromatic heterocycles. The number of hydrogen-bond acceptors (Lipinski definition) is 5. The highest BCUT2D eigenvalue weighted by atomic mass is 16.6. The molecule has 2 heterocycles. The van der Waals surface area contributed by atoms with Crippen molar-refractivity contribution in [3.63, 3.8) is 0 Å². The van der Waals surface area contributed by atoms with Gasteiger partial charge in [0.2, 0.25) is 0 Å². The molecule has 1 fully saturated rings. The third-order valence-electron chi connectivity index (χ3n) is 5.12. The van der Waals surface area contributed by atoms with Gasteiger partial charge in [-0.25, -0.2) is 4.79 Å². The number of aromatic nitrogens is 2. The number of amides is 1. The summed E-state index contributed by atoms with van der Waals surface area (Å²) in [6, 6.07) is 6.85. The highest BCUT2D eigenvalue weighted by molar-refractivity contribution is 5.74. The van der Waals surface area contributed by atoms with Gasteiger partial charge in [0.05, 0.1) is 11.0 Å². The molecule has 27 heavy (non-hydrogen) atoms. The summed E-state index contributed by atoms with van der Waals surface area (Å²) in [5.74, 6) is 0. The Kier molecular flexibility index (Phi) is 5.65. The maximum Gasteiger partial charge on any atom is 0.410 e. The lowest BCUT2D eigenvalue weighted by Crippen LogP contribution is -2.55. The highest BCUT2D eigenvalue weighted by Crippen LogP contribution is 2.28. The molecule has 0 radical (unpaired) electrons. The van der Waals surface area contributed by atoms with Crippen LogP contribution in [0.5, 0.6) is 0 Å². The van der Waals surface area contributed by atoms with E-state index in [1.807, 2.05) is 31.7 Å². The van der Waals surface area contributed by atoms with Crippen molar-refractivity contribution in [2.75, 3.05) is 19.6 Å². The zero-order chi connectivity index (χ0) is 19.6. The van der Waals surface area contributed by atoms with Gasteiger partial charge in [-0.2, -0.15) is 0 Å². The van der Waals surface area contributed by atoms with E-state index in [9.17, 15) is 4.79 Å². The minimum Gasteiger partial charge on any atom is -0.444 e. The number of ether oxygens (including phenoxy) is 1. The Morgan fingerprint density at radius 1 is 1.22 bits per heavy atom. The molecule has 1 aliphatic heterocycles. The van der Waals surface area contributed by atoms with E-state index in [0.717, 1.165) is 24.0 Å². The van der Waals surface area contributed by atoms with Gasteiger partial charge in [0.15, 0.2) is 0 Å². The van der Waals surface area contributed by atoms with E-state index in [4.69, 9.17) is 4.74 Å². The zero-order valence-corrected chi connectivity index (χ0v) is 17.0. The van der Waals surface area contributed by atoms with Gasteiger partial charge in [-0.3, -0.25) is 14.9 Å². The SMILES string of the molecule is CC[C@@H]1CN(C(=O)OC(C)(C)C)CCN1C(C)c1ccc2nccnc2c1. The van der Waals surface area contributed by atoms with Crippen molar-refractivity contribution < 1.29 is 9.53 Å². The zero-order valence-electron chi connectivity index (χ0n) is 17.0. The van der Waals surface area contributed by atoms with Crippen LogP contribution in [0.4, 0.5) is 4.79 Å². The summed E-state index contributed by atoms with van der Waals surface area (Å²) in [5, 5.41) is 0. The van der Waals surface area contributed by atoms with Crippen molar-refractivity contribution in [2.24, 2.45) is 0 Å². The molecule has 3 rings (SSSR count). The van der Waals surface area contributed by atoms with E-state index >= 15 is 0 Å². The van der Waals surface area contributed by atoms with Crippen LogP contribution in [0.1, 0.15) is 52.6 Å². The molecule has 1 amide bonds. The van der Waals surface area contributed by atoms with Gasteiger partial charge in [-0.15, -0.1) is 0 Å². The van der Waals surface area contributed by atoms with E-state index in [-0.39, 0.29) is 12.1 Å². The molecule has 2 atom stereocenters. The number of nitrogens with zero attached hydrogens (tertiary/aromatic N) is 4. The number of carbonyl (C=O) groups is 1. The highest BCUT2D eigenvalue weighted by Gasteiger charge is 2.33. The van der Waals surface area contributed by atoms with E-state index in [0.29, 0.717) is 19.1 Å². The second-order valence-corrected chi connectivity index (χ2v) is 8.21. The van der Waals surface area contributed by atoms with Crippen LogP contribution in [0.15, 0.2) is 30.6 Å². The number of hydrogen-bond donors (Lipinski definition) is 0. The Morgan fingerprint density at radius 3 is 2.59 bits per heavy atom. The number of carbonyl (C=O) groups excluding carboxylic acids is 1. The first-order valence-electron chi connectivity index (χ1n) is 9.73. The number of piperazine rings is 1. The summed E-state index contributed by atoms with van der Waals surface area (Å²) in [5.41, 5.74) is 2.60. The predicted octanol–water partition coefficient (Wildman–Crippen LogP) is 4.02. The lowest BCUT2D eigenvalue weighted by atomic mass is 10.0. The molecule has 0 aliphatic carbocycles. The first kappa shape index (κ1) is 19.5. The topological polar surface area (TPSA) is 58.6 Å². The fourth-order valence-electron chi connectivity index (χ4n) is 3.67. The van der Waals surface area contributed by atoms with Crippen molar-refractivity contribution in [2.45, 2.75) is 58.7 Å². The van der Waals surface area contributed by atoms with Crippen LogP contribution in [0.2, 0.25) is 0 Å². The summed E-state index contributed by atoms with van der Waals surface area (Å²) in [6.45, 7) is 12.3. The Labute approximate surface area is 161 Å². The molecular weight excluding hydrogens is 340 g/mol. The first-order valence-corrected chi connectivity index (χ1v) is 9.73. The number of benzene rings is 1. The molecule has 1 unspecified atom stereocenters. The van der Waals surface area contributed by atoms with Crippen molar-refractivity contribution in [1.29, 1.82) is 0 Å². The number of fused-ring (bicyclic) bond motifs is 1. The van der Waals surface area contributed by atoms with Gasteiger partial charge in [0, 0.05) is 44.1 Å². The predicted molar refractivity (Wildman–Crippen MR) is 107 cm³/mol. The Morgan fingerprint density at radius 2 is 1.93 bits per heavy atom. The third-order valence-corrected chi connectivity index (χ3v) is 5.12. The van der Waals surface area contributed by atoms with Crippen LogP contribution in [-0.2, 0) is 4.74 Å². The largest absolute Gasteiger partial charge is 0.444 e. The average Bonchev–Trinajstić information content (AvgIpc) is 2.65. The average molecular weight is 370 g/mol. The number of rotatable bonds is 3. The molecule has 6 nitrogen and oxygen atoms in total. The molecule has 0 N–H and O–H groups in total. The Balaban J connectivity index is 1.73. The first-order chi connectivity index (χ1) is 12.8. The van der Waals surface area contributed by atoms with Crippen LogP contribution in [0, 0.1) is 0 Å². The second kappa shape index (κ2) is 7.80. The fourth-order valence-corrected chi connectivity index (χ4v) is 3.67. The second-order valence-electron chi connectivity index (χ2n) is 8.21. The summed E-state index contributed by atoms with van der Waals surface area (Å²) >= 11 is 0. The molecule has 2 aromatic rings. The minimum atomic E-state index is -0.463. The van der Waals surface area contributed by atoms with Gasteiger partial charge in [0.1, 0.15) is 5.60 Å². The van der Waals surface area contributed by atoms with Crippen LogP contribution in [-0.4, -0.2) is 57.1 Å². The standard InChI is InChI=1S/C21H30N4O2/c1-6-17-14-24(20(26)27-21(3,4)5)11-12-25(17)15(2)16-7-8-18-19(13-16)23-10-9-22-18/h7-10,13,15,17H,6,11-12,14H2,1-5H3/t15?,17-/m1/s1. The van der Waals surface area contributed by atoms with Crippen molar-refractivity contribution in [3.8, 4) is 0 Å². The molecule has 1 saturated heterocycles. The lowest BCUT2D eigenvalue weighted by molar-refractivity contribution is -0.00410. The van der Waals surface area contributed by atoms with Crippen molar-refractivity contribution in [1.82, 2.24) is 19.8 Å². The van der Waals surface area contributed by atoms with Crippen molar-refractivity contribution in [3.05, 3.63) is 36.2 Å². The van der Waals surface area contributed by atoms with Crippen LogP contribution < -0.4 is 0 Å². The Bertz CT molecular complexity index is 802. The smallest absolute Gasteiger partial charge is 0.410 e. The molecule has 0 spiro atoms. The van der Waals surface area contributed by atoms with Crippen LogP contribution in [0.25, 0.3) is 11.0 Å². The monoisotopic (exact) mass is 370 g/mol. The fraction of sp³-hybridized carbons (Fsp3) is 0.571. The normalized spacial score (nSPS) is 19.9. The molecule has 0 saturated carbocycles. The third kappa shape index (κ3) is 4.56. The molecule has 6 heteroatoms. The molecule has 146 valence electrons. The van der Waals surface area contributed by atoms with Gasteiger partial charge in [0.25, 0.3) is 0 Å². The van der Waals surface area contributed by atoms with Gasteiger partial charge in [-0.1, -0.05) is 13.0 Å². The summed E-state index contributed by atoms with van der Waals surface area (Å²) in [6.07, 6.45) is 4.21. The lowest BCUT2D eigenvalue weighted by Gasteiger charge is -2.44. The van der Waals surface area contributed by atoms with Crippen molar-refractivity contribution >= 4 is 17.1 Å². The summed E-state index contributed by atoms with van der Waals surface area (Å²) in [7, 11) is 0. The van der Waals surface area contributed by atoms with E-state index in [2.05, 4.69) is 40.8 Å². The van der Waals surface area contributed by atoms with E-state index < -0.39 is 5.60 Å². The van der Waals surface area contributed by atoms with Gasteiger partial charge < -0.3 is 9.64 Å². The van der Waals surface area contributed by atoms with Gasteiger partial charge >= 0.3 is 6.09 Å². The van der Waals surface area contributed by atoms with Gasteiger partial charge in [-0.05, 0) is 51.8 Å². The maximum atomic E-state index is 12.4. The summed E-state index contributed by atoms with van der Waals surface area (Å²) in [4.78, 5) is 25.5. The van der Waals surface area contributed by atoms with E-state index in [1.54, 1.807) is 12.4 Å². The van der Waals surface area contributed by atoms with Crippen LogP contribution >= 0.6 is 0 Å². The molecule has 0 bridgehead atoms. The molecule has 1 aliphatic rings. The Hall–Kier alpha value is -2.21. The maximum absolute atomic E-state index is 12.4. The minimum absolute atomic E-state index is 0.214.